The first-order chi connectivity index (χ1) is 9.01. The Labute approximate surface area is 117 Å². The number of hydrogen-bond acceptors (Lipinski definition) is 3. The number of aromatic nitrogens is 1. The summed E-state index contributed by atoms with van der Waals surface area (Å²) < 4.78 is 5.98. The third kappa shape index (κ3) is 7.96. The summed E-state index contributed by atoms with van der Waals surface area (Å²) in [5, 5.41) is 3.51. The van der Waals surface area contributed by atoms with Crippen LogP contribution in [0.25, 0.3) is 0 Å². The van der Waals surface area contributed by atoms with Crippen molar-refractivity contribution in [1.29, 1.82) is 0 Å². The average molecular weight is 264 g/mol. The summed E-state index contributed by atoms with van der Waals surface area (Å²) in [6.07, 6.45) is 5.27. The van der Waals surface area contributed by atoms with Crippen LogP contribution >= 0.6 is 0 Å². The van der Waals surface area contributed by atoms with Crippen molar-refractivity contribution < 1.29 is 4.74 Å². The van der Waals surface area contributed by atoms with Gasteiger partial charge < -0.3 is 10.1 Å². The molecule has 1 aromatic heterocycles. The predicted octanol–water partition coefficient (Wildman–Crippen LogP) is 3.20. The molecule has 0 bridgehead atoms. The third-order valence-electron chi connectivity index (χ3n) is 2.91. The van der Waals surface area contributed by atoms with Gasteiger partial charge in [-0.3, -0.25) is 4.98 Å². The van der Waals surface area contributed by atoms with Crippen molar-refractivity contribution in [1.82, 2.24) is 10.3 Å². The number of nitrogens with zero attached hydrogens (tertiary/aromatic N) is 1. The standard InChI is InChI=1S/C16H28N2O/c1-5-8-15(13-18-16(2,3)4)19-12-10-14-9-6-7-11-17-14/h6-7,9,11,15,18H,5,8,10,12-13H2,1-4H3. The molecule has 1 rings (SSSR count). The first kappa shape index (κ1) is 16.1. The van der Waals surface area contributed by atoms with Gasteiger partial charge >= 0.3 is 0 Å². The van der Waals surface area contributed by atoms with Crippen LogP contribution in [0.2, 0.25) is 0 Å². The summed E-state index contributed by atoms with van der Waals surface area (Å²) in [4.78, 5) is 4.31. The molecular weight excluding hydrogens is 236 g/mol. The zero-order valence-electron chi connectivity index (χ0n) is 12.8. The smallest absolute Gasteiger partial charge is 0.0699 e. The normalized spacial score (nSPS) is 13.5. The lowest BCUT2D eigenvalue weighted by molar-refractivity contribution is 0.0446. The molecule has 0 aliphatic carbocycles. The molecule has 1 heterocycles. The molecule has 1 unspecified atom stereocenters. The summed E-state index contributed by atoms with van der Waals surface area (Å²) in [6, 6.07) is 6.01. The van der Waals surface area contributed by atoms with Gasteiger partial charge in [0.15, 0.2) is 0 Å². The van der Waals surface area contributed by atoms with Gasteiger partial charge in [0.25, 0.3) is 0 Å². The van der Waals surface area contributed by atoms with E-state index in [-0.39, 0.29) is 5.54 Å². The molecule has 0 amide bonds. The van der Waals surface area contributed by atoms with E-state index < -0.39 is 0 Å². The van der Waals surface area contributed by atoms with Crippen molar-refractivity contribution in [3.63, 3.8) is 0 Å². The molecule has 0 saturated carbocycles. The zero-order valence-corrected chi connectivity index (χ0v) is 12.8. The van der Waals surface area contributed by atoms with E-state index in [1.165, 1.54) is 0 Å². The van der Waals surface area contributed by atoms with Crippen LogP contribution in [0.15, 0.2) is 24.4 Å². The maximum atomic E-state index is 5.98. The number of nitrogens with one attached hydrogen (secondary N) is 1. The SMILES string of the molecule is CCCC(CNC(C)(C)C)OCCc1ccccn1. The van der Waals surface area contributed by atoms with E-state index in [1.54, 1.807) is 0 Å². The Morgan fingerprint density at radius 2 is 2.11 bits per heavy atom. The topological polar surface area (TPSA) is 34.1 Å². The maximum Gasteiger partial charge on any atom is 0.0699 e. The van der Waals surface area contributed by atoms with Crippen LogP contribution in [0, 0.1) is 0 Å². The Balaban J connectivity index is 2.29. The molecule has 0 radical (unpaired) electrons. The quantitative estimate of drug-likeness (QED) is 0.783. The van der Waals surface area contributed by atoms with Crippen molar-refractivity contribution >= 4 is 0 Å². The van der Waals surface area contributed by atoms with Crippen molar-refractivity contribution in [3.05, 3.63) is 30.1 Å². The van der Waals surface area contributed by atoms with Gasteiger partial charge in [-0.2, -0.15) is 0 Å². The summed E-state index contributed by atoms with van der Waals surface area (Å²) in [5.41, 5.74) is 1.25. The second-order valence-corrected chi connectivity index (χ2v) is 5.98. The molecule has 0 aliphatic heterocycles. The summed E-state index contributed by atoms with van der Waals surface area (Å²) in [6.45, 7) is 10.4. The van der Waals surface area contributed by atoms with Gasteiger partial charge in [-0.05, 0) is 39.3 Å². The molecule has 3 nitrogen and oxygen atoms in total. The van der Waals surface area contributed by atoms with Gasteiger partial charge in [0.05, 0.1) is 12.7 Å². The maximum absolute atomic E-state index is 5.98. The van der Waals surface area contributed by atoms with E-state index in [9.17, 15) is 0 Å². The van der Waals surface area contributed by atoms with E-state index in [1.807, 2.05) is 24.4 Å². The first-order valence-corrected chi connectivity index (χ1v) is 7.28. The third-order valence-corrected chi connectivity index (χ3v) is 2.91. The van der Waals surface area contributed by atoms with Crippen LogP contribution in [0.3, 0.4) is 0 Å². The van der Waals surface area contributed by atoms with E-state index >= 15 is 0 Å². The second-order valence-electron chi connectivity index (χ2n) is 5.98. The molecule has 1 atom stereocenters. The number of hydrogen-bond donors (Lipinski definition) is 1. The molecule has 0 saturated heterocycles. The van der Waals surface area contributed by atoms with Gasteiger partial charge in [-0.25, -0.2) is 0 Å². The highest BCUT2D eigenvalue weighted by Crippen LogP contribution is 2.06. The number of rotatable bonds is 8. The van der Waals surface area contributed by atoms with E-state index in [2.05, 4.69) is 38.0 Å². The average Bonchev–Trinajstić information content (AvgIpc) is 2.36. The lowest BCUT2D eigenvalue weighted by Gasteiger charge is -2.25. The fourth-order valence-corrected chi connectivity index (χ4v) is 1.86. The molecule has 0 fully saturated rings. The Bertz CT molecular complexity index is 332. The van der Waals surface area contributed by atoms with Crippen LogP contribution in [-0.4, -0.2) is 29.8 Å². The van der Waals surface area contributed by atoms with Gasteiger partial charge in [0.1, 0.15) is 0 Å². The molecule has 0 aromatic carbocycles. The van der Waals surface area contributed by atoms with Crippen molar-refractivity contribution in [2.75, 3.05) is 13.2 Å². The van der Waals surface area contributed by atoms with Crippen LogP contribution in [0.4, 0.5) is 0 Å². The van der Waals surface area contributed by atoms with Crippen LogP contribution < -0.4 is 5.32 Å². The highest BCUT2D eigenvalue weighted by Gasteiger charge is 2.14. The molecular formula is C16H28N2O. The molecule has 1 aromatic rings. The van der Waals surface area contributed by atoms with Gasteiger partial charge in [-0.15, -0.1) is 0 Å². The molecule has 0 spiro atoms. The van der Waals surface area contributed by atoms with E-state index in [0.717, 1.165) is 38.1 Å². The van der Waals surface area contributed by atoms with Crippen LogP contribution in [0.1, 0.15) is 46.2 Å². The highest BCUT2D eigenvalue weighted by molar-refractivity contribution is 5.03. The molecule has 108 valence electrons. The summed E-state index contributed by atoms with van der Waals surface area (Å²) in [7, 11) is 0. The lowest BCUT2D eigenvalue weighted by atomic mass is 10.1. The van der Waals surface area contributed by atoms with Crippen molar-refractivity contribution in [3.8, 4) is 0 Å². The first-order valence-electron chi connectivity index (χ1n) is 7.28. The number of ether oxygens (including phenoxy) is 1. The molecule has 19 heavy (non-hydrogen) atoms. The Kier molecular flexibility index (Phi) is 7.03. The van der Waals surface area contributed by atoms with E-state index in [4.69, 9.17) is 4.74 Å². The van der Waals surface area contributed by atoms with Crippen molar-refractivity contribution in [2.45, 2.75) is 58.6 Å². The van der Waals surface area contributed by atoms with E-state index in [0.29, 0.717) is 6.10 Å². The molecule has 3 heteroatoms. The zero-order chi connectivity index (χ0) is 14.1. The Hall–Kier alpha value is -0.930. The molecule has 0 aliphatic rings. The largest absolute Gasteiger partial charge is 0.376 e. The minimum atomic E-state index is 0.149. The summed E-state index contributed by atoms with van der Waals surface area (Å²) in [5.74, 6) is 0. The highest BCUT2D eigenvalue weighted by atomic mass is 16.5. The fraction of sp³-hybridized carbons (Fsp3) is 0.688. The summed E-state index contributed by atoms with van der Waals surface area (Å²) >= 11 is 0. The Morgan fingerprint density at radius 1 is 1.32 bits per heavy atom. The second kappa shape index (κ2) is 8.28. The van der Waals surface area contributed by atoms with Gasteiger partial charge in [-0.1, -0.05) is 19.4 Å². The number of pyridine rings is 1. The lowest BCUT2D eigenvalue weighted by Crippen LogP contribution is -2.41. The Morgan fingerprint density at radius 3 is 2.68 bits per heavy atom. The van der Waals surface area contributed by atoms with Crippen LogP contribution in [-0.2, 0) is 11.2 Å². The molecule has 1 N–H and O–H groups in total. The fourth-order valence-electron chi connectivity index (χ4n) is 1.86. The predicted molar refractivity (Wildman–Crippen MR) is 80.3 cm³/mol. The minimum absolute atomic E-state index is 0.149. The minimum Gasteiger partial charge on any atom is -0.376 e. The van der Waals surface area contributed by atoms with Gasteiger partial charge in [0.2, 0.25) is 0 Å². The van der Waals surface area contributed by atoms with Crippen LogP contribution in [0.5, 0.6) is 0 Å². The van der Waals surface area contributed by atoms with Crippen molar-refractivity contribution in [2.24, 2.45) is 0 Å². The monoisotopic (exact) mass is 264 g/mol. The van der Waals surface area contributed by atoms with Gasteiger partial charge in [0, 0.05) is 30.4 Å².